The third-order valence-electron chi connectivity index (χ3n) is 2.20. The highest BCUT2D eigenvalue weighted by Gasteiger charge is 2.34. The number of benzene rings is 1. The molecule has 1 rings (SSSR count). The van der Waals surface area contributed by atoms with E-state index in [2.05, 4.69) is 0 Å². The summed E-state index contributed by atoms with van der Waals surface area (Å²) in [5.74, 6) is -1.57. The van der Waals surface area contributed by atoms with Crippen LogP contribution in [0.4, 0.5) is 13.2 Å². The second-order valence-corrected chi connectivity index (χ2v) is 3.84. The second-order valence-electron chi connectivity index (χ2n) is 3.84. The van der Waals surface area contributed by atoms with E-state index in [1.807, 2.05) is 0 Å². The van der Waals surface area contributed by atoms with Crippen molar-refractivity contribution in [3.8, 4) is 5.75 Å². The molecule has 0 amide bonds. The lowest BCUT2D eigenvalue weighted by Gasteiger charge is -2.22. The van der Waals surface area contributed by atoms with Crippen molar-refractivity contribution in [1.82, 2.24) is 5.06 Å². The minimum atomic E-state index is -4.54. The molecule has 0 saturated heterocycles. The summed E-state index contributed by atoms with van der Waals surface area (Å²) in [6.45, 7) is 1.51. The molecule has 0 radical (unpaired) electrons. The first kappa shape index (κ1) is 15.3. The maximum atomic E-state index is 12.7. The third kappa shape index (κ3) is 4.78. The molecule has 1 aromatic rings. The van der Waals surface area contributed by atoms with Crippen LogP contribution in [0.5, 0.6) is 5.75 Å². The molecule has 0 aromatic heterocycles. The maximum Gasteiger partial charge on any atom is 0.420 e. The zero-order chi connectivity index (χ0) is 14.5. The molecule has 0 aliphatic heterocycles. The quantitative estimate of drug-likeness (QED) is 0.812. The standard InChI is InChI=1S/C12H14F3NO3/c1-2-7-16(8-11(17)18)19-10-6-4-3-5-9(10)12(13,14)15/h3-6H,2,7-8H2,1H3,(H,17,18). The Balaban J connectivity index is 2.93. The van der Waals surface area contributed by atoms with Gasteiger partial charge in [0.05, 0.1) is 0 Å². The summed E-state index contributed by atoms with van der Waals surface area (Å²) in [5, 5.41) is 9.67. The van der Waals surface area contributed by atoms with Crippen molar-refractivity contribution in [2.45, 2.75) is 19.5 Å². The third-order valence-corrected chi connectivity index (χ3v) is 2.20. The Hall–Kier alpha value is -1.76. The number of hydroxylamine groups is 2. The van der Waals surface area contributed by atoms with Gasteiger partial charge in [-0.25, -0.2) is 0 Å². The Labute approximate surface area is 108 Å². The lowest BCUT2D eigenvalue weighted by molar-refractivity contribution is -0.152. The highest BCUT2D eigenvalue weighted by atomic mass is 19.4. The van der Waals surface area contributed by atoms with Crippen molar-refractivity contribution in [3.63, 3.8) is 0 Å². The van der Waals surface area contributed by atoms with E-state index in [9.17, 15) is 18.0 Å². The first-order valence-electron chi connectivity index (χ1n) is 5.65. The van der Waals surface area contributed by atoms with E-state index in [-0.39, 0.29) is 6.54 Å². The summed E-state index contributed by atoms with van der Waals surface area (Å²) in [7, 11) is 0. The number of hydrogen-bond acceptors (Lipinski definition) is 3. The molecule has 4 nitrogen and oxygen atoms in total. The van der Waals surface area contributed by atoms with Crippen molar-refractivity contribution in [1.29, 1.82) is 0 Å². The van der Waals surface area contributed by atoms with Crippen LogP contribution >= 0.6 is 0 Å². The van der Waals surface area contributed by atoms with Gasteiger partial charge in [-0.3, -0.25) is 4.79 Å². The lowest BCUT2D eigenvalue weighted by atomic mass is 10.2. The zero-order valence-electron chi connectivity index (χ0n) is 10.3. The minimum Gasteiger partial charge on any atom is -0.480 e. The predicted molar refractivity (Wildman–Crippen MR) is 61.6 cm³/mol. The fraction of sp³-hybridized carbons (Fsp3) is 0.417. The van der Waals surface area contributed by atoms with Gasteiger partial charge in [-0.1, -0.05) is 19.1 Å². The van der Waals surface area contributed by atoms with Crippen LogP contribution in [0.1, 0.15) is 18.9 Å². The first-order chi connectivity index (χ1) is 8.84. The molecule has 0 fully saturated rings. The Morgan fingerprint density at radius 2 is 2.00 bits per heavy atom. The molecule has 0 saturated carbocycles. The normalized spacial score (nSPS) is 11.6. The molecule has 0 unspecified atom stereocenters. The van der Waals surface area contributed by atoms with E-state index in [0.29, 0.717) is 6.42 Å². The lowest BCUT2D eigenvalue weighted by Crippen LogP contribution is -2.34. The summed E-state index contributed by atoms with van der Waals surface area (Å²) in [5.41, 5.74) is -0.929. The van der Waals surface area contributed by atoms with Crippen LogP contribution in [-0.4, -0.2) is 29.2 Å². The number of halogens is 3. The highest BCUT2D eigenvalue weighted by molar-refractivity contribution is 5.68. The summed E-state index contributed by atoms with van der Waals surface area (Å²) in [6.07, 6.45) is -3.99. The number of para-hydroxylation sites is 1. The van der Waals surface area contributed by atoms with Crippen molar-refractivity contribution < 1.29 is 27.9 Å². The van der Waals surface area contributed by atoms with Crippen LogP contribution in [0, 0.1) is 0 Å². The van der Waals surface area contributed by atoms with Crippen molar-refractivity contribution in [2.75, 3.05) is 13.1 Å². The fourth-order valence-corrected chi connectivity index (χ4v) is 1.48. The van der Waals surface area contributed by atoms with Gasteiger partial charge in [0.2, 0.25) is 0 Å². The number of nitrogens with zero attached hydrogens (tertiary/aromatic N) is 1. The molecule has 0 atom stereocenters. The molecule has 106 valence electrons. The van der Waals surface area contributed by atoms with E-state index in [0.717, 1.165) is 17.2 Å². The first-order valence-corrected chi connectivity index (χ1v) is 5.65. The average Bonchev–Trinajstić information content (AvgIpc) is 2.27. The van der Waals surface area contributed by atoms with Gasteiger partial charge < -0.3 is 9.94 Å². The number of hydrogen-bond donors (Lipinski definition) is 1. The minimum absolute atomic E-state index is 0.221. The number of aliphatic carboxylic acids is 1. The van der Waals surface area contributed by atoms with E-state index >= 15 is 0 Å². The van der Waals surface area contributed by atoms with E-state index < -0.39 is 30.0 Å². The molecule has 7 heteroatoms. The van der Waals surface area contributed by atoms with Gasteiger partial charge in [-0.15, -0.1) is 5.06 Å². The monoisotopic (exact) mass is 277 g/mol. The molecule has 0 aliphatic carbocycles. The zero-order valence-corrected chi connectivity index (χ0v) is 10.3. The van der Waals surface area contributed by atoms with Gasteiger partial charge in [0, 0.05) is 6.54 Å². The van der Waals surface area contributed by atoms with Crippen LogP contribution in [0.3, 0.4) is 0 Å². The average molecular weight is 277 g/mol. The number of rotatable bonds is 6. The molecule has 1 N–H and O–H groups in total. The summed E-state index contributed by atoms with van der Waals surface area (Å²) < 4.78 is 38.2. The fourth-order valence-electron chi connectivity index (χ4n) is 1.48. The molecule has 0 bridgehead atoms. The number of carboxylic acid groups (broad SMARTS) is 1. The van der Waals surface area contributed by atoms with Crippen molar-refractivity contribution in [3.05, 3.63) is 29.8 Å². The van der Waals surface area contributed by atoms with Crippen LogP contribution in [0.2, 0.25) is 0 Å². The Kier molecular flexibility index (Phi) is 5.17. The summed E-state index contributed by atoms with van der Waals surface area (Å²) >= 11 is 0. The van der Waals surface area contributed by atoms with Gasteiger partial charge in [-0.05, 0) is 18.6 Å². The van der Waals surface area contributed by atoms with E-state index in [1.54, 1.807) is 6.92 Å². The Morgan fingerprint density at radius 1 is 1.37 bits per heavy atom. The molecule has 0 heterocycles. The van der Waals surface area contributed by atoms with Crippen molar-refractivity contribution >= 4 is 5.97 Å². The van der Waals surface area contributed by atoms with E-state index in [4.69, 9.17) is 9.94 Å². The van der Waals surface area contributed by atoms with E-state index in [1.165, 1.54) is 12.1 Å². The van der Waals surface area contributed by atoms with Crippen LogP contribution in [0.15, 0.2) is 24.3 Å². The van der Waals surface area contributed by atoms with Gasteiger partial charge in [-0.2, -0.15) is 13.2 Å². The van der Waals surface area contributed by atoms with Gasteiger partial charge in [0.25, 0.3) is 0 Å². The summed E-state index contributed by atoms with van der Waals surface area (Å²) in [4.78, 5) is 15.7. The van der Waals surface area contributed by atoms with Gasteiger partial charge in [0.1, 0.15) is 12.1 Å². The molecular weight excluding hydrogens is 263 g/mol. The van der Waals surface area contributed by atoms with Crippen LogP contribution < -0.4 is 4.84 Å². The Bertz CT molecular complexity index is 434. The number of alkyl halides is 3. The second kappa shape index (κ2) is 6.42. The SMILES string of the molecule is CCCN(CC(=O)O)Oc1ccccc1C(F)(F)F. The molecular formula is C12H14F3NO3. The highest BCUT2D eigenvalue weighted by Crippen LogP contribution is 2.36. The molecule has 0 spiro atoms. The molecule has 0 aliphatic rings. The van der Waals surface area contributed by atoms with Crippen LogP contribution in [-0.2, 0) is 11.0 Å². The number of carbonyl (C=O) groups is 1. The predicted octanol–water partition coefficient (Wildman–Crippen LogP) is 2.80. The van der Waals surface area contributed by atoms with Crippen molar-refractivity contribution in [2.24, 2.45) is 0 Å². The van der Waals surface area contributed by atoms with Gasteiger partial charge >= 0.3 is 12.1 Å². The van der Waals surface area contributed by atoms with Crippen LogP contribution in [0.25, 0.3) is 0 Å². The smallest absolute Gasteiger partial charge is 0.420 e. The van der Waals surface area contributed by atoms with Gasteiger partial charge in [0.15, 0.2) is 5.75 Å². The molecule has 19 heavy (non-hydrogen) atoms. The number of carboxylic acids is 1. The molecule has 1 aromatic carbocycles. The largest absolute Gasteiger partial charge is 0.480 e. The Morgan fingerprint density at radius 3 is 2.53 bits per heavy atom. The summed E-state index contributed by atoms with van der Waals surface area (Å²) in [6, 6.07) is 4.69. The maximum absolute atomic E-state index is 12.7. The topological polar surface area (TPSA) is 49.8 Å².